The third-order valence-corrected chi connectivity index (χ3v) is 5.84. The van der Waals surface area contributed by atoms with Gasteiger partial charge in [0, 0.05) is 0 Å². The fraction of sp³-hybridized carbons (Fsp3) is 1.00. The van der Waals surface area contributed by atoms with Crippen molar-refractivity contribution in [2.75, 3.05) is 37.0 Å². The van der Waals surface area contributed by atoms with Gasteiger partial charge in [-0.25, -0.2) is 0 Å². The summed E-state index contributed by atoms with van der Waals surface area (Å²) in [6.07, 6.45) is 8.41. The number of hydrogen-bond acceptors (Lipinski definition) is 0. The highest BCUT2D eigenvalue weighted by atomic mass is 31.1. The lowest BCUT2D eigenvalue weighted by Gasteiger charge is -1.98. The zero-order chi connectivity index (χ0) is 7.66. The Labute approximate surface area is 73.1 Å². The third-order valence-electron chi connectivity index (χ3n) is 1.12. The molecule has 0 N–H and O–H groups in total. The van der Waals surface area contributed by atoms with Crippen molar-refractivity contribution in [1.29, 1.82) is 0 Å². The third kappa shape index (κ3) is 9.72. The van der Waals surface area contributed by atoms with Crippen molar-refractivity contribution in [3.63, 3.8) is 0 Å². The molecule has 0 saturated heterocycles. The van der Waals surface area contributed by atoms with Crippen LogP contribution in [-0.4, -0.2) is 37.0 Å². The summed E-state index contributed by atoms with van der Waals surface area (Å²) in [7, 11) is 8.03. The van der Waals surface area contributed by atoms with Crippen LogP contribution < -0.4 is 0 Å². The van der Waals surface area contributed by atoms with Crippen molar-refractivity contribution in [3.8, 4) is 0 Å². The molecular weight excluding hydrogens is 196 g/mol. The molecule has 0 bridgehead atoms. The van der Waals surface area contributed by atoms with Gasteiger partial charge in [-0.3, -0.25) is 0 Å². The van der Waals surface area contributed by atoms with Gasteiger partial charge in [-0.2, -0.15) is 0 Å². The lowest BCUT2D eigenvalue weighted by Crippen LogP contribution is -1.85. The smallest absolute Gasteiger partial charge is 0.0316 e. The van der Waals surface area contributed by atoms with E-state index in [0.717, 1.165) is 0 Å². The van der Waals surface area contributed by atoms with Gasteiger partial charge in [0.1, 0.15) is 0 Å². The van der Waals surface area contributed by atoms with E-state index in [4.69, 9.17) is 0 Å². The summed E-state index contributed by atoms with van der Waals surface area (Å²) in [6, 6.07) is 0. The minimum Gasteiger partial charge on any atom is -0.137 e. The summed E-state index contributed by atoms with van der Waals surface area (Å²) in [5, 5.41) is 0. The second-order valence-electron chi connectivity index (χ2n) is 2.08. The molecule has 0 aromatic rings. The molecule has 0 heterocycles. The molecule has 0 amide bonds. The molecule has 10 heavy (non-hydrogen) atoms. The Hall–Kier alpha value is 1.72. The Morgan fingerprint density at radius 3 is 1.40 bits per heavy atom. The maximum Gasteiger partial charge on any atom is -0.0316 e. The molecule has 4 heteroatoms. The summed E-state index contributed by atoms with van der Waals surface area (Å²) >= 11 is 0. The number of hydrogen-bond donors (Lipinski definition) is 0. The van der Waals surface area contributed by atoms with Crippen LogP contribution in [0.25, 0.3) is 0 Å². The molecule has 62 valence electrons. The van der Waals surface area contributed by atoms with Gasteiger partial charge >= 0.3 is 0 Å². The van der Waals surface area contributed by atoms with Crippen molar-refractivity contribution >= 4 is 35.6 Å². The van der Waals surface area contributed by atoms with Crippen LogP contribution in [-0.2, 0) is 0 Å². The van der Waals surface area contributed by atoms with E-state index >= 15 is 0 Å². The molecule has 4 atom stereocenters. The molecule has 4 unspecified atom stereocenters. The lowest BCUT2D eigenvalue weighted by atomic mass is 10.9. The highest BCUT2D eigenvalue weighted by Gasteiger charge is 1.86. The minimum absolute atomic E-state index is 1.22. The lowest BCUT2D eigenvalue weighted by molar-refractivity contribution is 1.44. The highest BCUT2D eigenvalue weighted by molar-refractivity contribution is 7.43. The molecule has 0 rings (SSSR count). The summed E-state index contributed by atoms with van der Waals surface area (Å²) in [4.78, 5) is 0. The van der Waals surface area contributed by atoms with Crippen molar-refractivity contribution in [2.24, 2.45) is 0 Å². The Bertz CT molecular complexity index is 49.7. The average Bonchev–Trinajstić information content (AvgIpc) is 1.97. The van der Waals surface area contributed by atoms with Crippen LogP contribution in [0.15, 0.2) is 0 Å². The molecule has 0 nitrogen and oxygen atoms in total. The molecule has 0 aromatic heterocycles. The monoisotopic (exact) mass is 214 g/mol. The van der Waals surface area contributed by atoms with Crippen LogP contribution >= 0.6 is 35.6 Å². The minimum atomic E-state index is 1.22. The van der Waals surface area contributed by atoms with Gasteiger partial charge in [0.25, 0.3) is 0 Å². The van der Waals surface area contributed by atoms with Crippen LogP contribution in [0, 0.1) is 0 Å². The fourth-order valence-corrected chi connectivity index (χ4v) is 4.18. The van der Waals surface area contributed by atoms with Crippen molar-refractivity contribution in [1.82, 2.24) is 0 Å². The van der Waals surface area contributed by atoms with Crippen LogP contribution in [0.5, 0.6) is 0 Å². The Morgan fingerprint density at radius 2 is 1.10 bits per heavy atom. The van der Waals surface area contributed by atoms with Crippen molar-refractivity contribution < 1.29 is 0 Å². The first-order chi connectivity index (χ1) is 4.91. The largest absolute Gasteiger partial charge is 0.137 e. The quantitative estimate of drug-likeness (QED) is 0.449. The van der Waals surface area contributed by atoms with Crippen molar-refractivity contribution in [2.45, 2.75) is 0 Å². The second kappa shape index (κ2) is 10.7. The van der Waals surface area contributed by atoms with Gasteiger partial charge in [0.2, 0.25) is 0 Å². The Balaban J connectivity index is 2.65. The van der Waals surface area contributed by atoms with Gasteiger partial charge in [-0.15, -0.1) is 35.6 Å². The highest BCUT2D eigenvalue weighted by Crippen LogP contribution is 2.17. The van der Waals surface area contributed by atoms with E-state index in [1.807, 2.05) is 0 Å². The Morgan fingerprint density at radius 1 is 0.700 bits per heavy atom. The van der Waals surface area contributed by atoms with Gasteiger partial charge < -0.3 is 0 Å². The first-order valence-electron chi connectivity index (χ1n) is 3.73. The summed E-state index contributed by atoms with van der Waals surface area (Å²) in [5.74, 6) is 0. The van der Waals surface area contributed by atoms with E-state index in [-0.39, 0.29) is 0 Å². The predicted octanol–water partition coefficient (Wildman–Crippen LogP) is 2.09. The molecule has 0 radical (unpaired) electrons. The van der Waals surface area contributed by atoms with Crippen LogP contribution in [0.3, 0.4) is 0 Å². The molecule has 0 spiro atoms. The first-order valence-corrected chi connectivity index (χ1v) is 8.19. The van der Waals surface area contributed by atoms with Gasteiger partial charge in [-0.05, 0) is 37.0 Å². The van der Waals surface area contributed by atoms with E-state index < -0.39 is 0 Å². The van der Waals surface area contributed by atoms with Gasteiger partial charge in [0.05, 0.1) is 0 Å². The molecule has 0 aliphatic heterocycles. The van der Waals surface area contributed by atoms with Crippen LogP contribution in [0.4, 0.5) is 0 Å². The van der Waals surface area contributed by atoms with E-state index in [1.54, 1.807) is 0 Å². The molecule has 0 saturated carbocycles. The standard InChI is InChI=1S/C6H18P4/c7-1-3-9-5-6-10-4-2-8/h9-10H,1-8H2. The maximum atomic E-state index is 2.79. The predicted molar refractivity (Wildman–Crippen MR) is 65.3 cm³/mol. The van der Waals surface area contributed by atoms with E-state index in [0.29, 0.717) is 0 Å². The maximum absolute atomic E-state index is 2.79. The molecule has 0 aliphatic carbocycles. The van der Waals surface area contributed by atoms with Crippen LogP contribution in [0.2, 0.25) is 0 Å². The summed E-state index contributed by atoms with van der Waals surface area (Å²) in [5.41, 5.74) is 0. The molecule has 0 aliphatic rings. The fourth-order valence-electron chi connectivity index (χ4n) is 0.631. The van der Waals surface area contributed by atoms with E-state index in [9.17, 15) is 0 Å². The van der Waals surface area contributed by atoms with Crippen LogP contribution in [0.1, 0.15) is 0 Å². The normalized spacial score (nSPS) is 12.6. The zero-order valence-electron chi connectivity index (χ0n) is 6.40. The molecule has 0 fully saturated rings. The average molecular weight is 214 g/mol. The topological polar surface area (TPSA) is 0 Å². The van der Waals surface area contributed by atoms with E-state index in [1.165, 1.54) is 54.1 Å². The Kier molecular flexibility index (Phi) is 12.6. The molecule has 0 aromatic carbocycles. The molecular formula is C6H18P4. The summed E-state index contributed by atoms with van der Waals surface area (Å²) in [6.45, 7) is 0. The van der Waals surface area contributed by atoms with Crippen molar-refractivity contribution in [3.05, 3.63) is 0 Å². The SMILES string of the molecule is PCCPCCPCCP. The van der Waals surface area contributed by atoms with E-state index in [2.05, 4.69) is 18.5 Å². The van der Waals surface area contributed by atoms with Gasteiger partial charge in [-0.1, -0.05) is 0 Å². The van der Waals surface area contributed by atoms with Gasteiger partial charge in [0.15, 0.2) is 0 Å². The first kappa shape index (κ1) is 11.7. The number of rotatable bonds is 7. The second-order valence-corrected chi connectivity index (χ2v) is 6.23. The zero-order valence-corrected chi connectivity index (χ0v) is 10.7. The summed E-state index contributed by atoms with van der Waals surface area (Å²) < 4.78 is 0.